The highest BCUT2D eigenvalue weighted by Crippen LogP contribution is 2.25. The summed E-state index contributed by atoms with van der Waals surface area (Å²) in [6, 6.07) is 0. The molecule has 0 amide bonds. The minimum absolute atomic E-state index is 0.0669. The Kier molecular flexibility index (Phi) is 7.41. The van der Waals surface area contributed by atoms with E-state index in [4.69, 9.17) is 9.84 Å². The summed E-state index contributed by atoms with van der Waals surface area (Å²) < 4.78 is 5.50. The number of hydrazone groups is 1. The first-order chi connectivity index (χ1) is 8.70. The maximum Gasteiger partial charge on any atom is 0.351 e. The molecule has 0 aromatic carbocycles. The van der Waals surface area contributed by atoms with Crippen LogP contribution in [-0.2, 0) is 9.53 Å². The van der Waals surface area contributed by atoms with Gasteiger partial charge in [-0.05, 0) is 19.3 Å². The van der Waals surface area contributed by atoms with Crippen LogP contribution >= 0.6 is 0 Å². The standard InChI is InChI=1S/C13H24N2O3/c1-11(13(16)17)15-14-8-10-18-9-7-12-5-3-2-4-6-12/h12,14H,2-10H2,1H3,(H,16,17)/b15-11-. The van der Waals surface area contributed by atoms with E-state index >= 15 is 0 Å². The highest BCUT2D eigenvalue weighted by molar-refractivity contribution is 6.34. The van der Waals surface area contributed by atoms with E-state index in [0.29, 0.717) is 13.2 Å². The molecule has 2 N–H and O–H groups in total. The summed E-state index contributed by atoms with van der Waals surface area (Å²) in [7, 11) is 0. The number of ether oxygens (including phenoxy) is 1. The van der Waals surface area contributed by atoms with Crippen LogP contribution in [0, 0.1) is 5.92 Å². The Morgan fingerprint density at radius 1 is 1.33 bits per heavy atom. The predicted octanol–water partition coefficient (Wildman–Crippen LogP) is 2.02. The molecule has 0 heterocycles. The van der Waals surface area contributed by atoms with Crippen molar-refractivity contribution in [3.8, 4) is 0 Å². The molecule has 5 nitrogen and oxygen atoms in total. The van der Waals surface area contributed by atoms with Crippen LogP contribution in [0.3, 0.4) is 0 Å². The molecule has 0 unspecified atom stereocenters. The van der Waals surface area contributed by atoms with Crippen molar-refractivity contribution in [1.29, 1.82) is 0 Å². The van der Waals surface area contributed by atoms with Gasteiger partial charge in [0, 0.05) is 6.61 Å². The van der Waals surface area contributed by atoms with Gasteiger partial charge in [-0.15, -0.1) is 0 Å². The molecule has 0 aromatic heterocycles. The predicted molar refractivity (Wildman–Crippen MR) is 70.8 cm³/mol. The fourth-order valence-corrected chi connectivity index (χ4v) is 2.17. The minimum atomic E-state index is -0.999. The first-order valence-electron chi connectivity index (χ1n) is 6.78. The summed E-state index contributed by atoms with van der Waals surface area (Å²) in [5.41, 5.74) is 2.75. The van der Waals surface area contributed by atoms with Gasteiger partial charge >= 0.3 is 5.97 Å². The molecule has 0 aromatic rings. The third-order valence-electron chi connectivity index (χ3n) is 3.31. The summed E-state index contributed by atoms with van der Waals surface area (Å²) in [5.74, 6) is -0.153. The number of hydrogen-bond donors (Lipinski definition) is 2. The molecule has 0 atom stereocenters. The number of carbonyl (C=O) groups is 1. The Morgan fingerprint density at radius 3 is 2.72 bits per heavy atom. The highest BCUT2D eigenvalue weighted by atomic mass is 16.5. The normalized spacial score (nSPS) is 17.7. The van der Waals surface area contributed by atoms with Gasteiger partial charge < -0.3 is 15.3 Å². The Labute approximate surface area is 109 Å². The third kappa shape index (κ3) is 6.59. The Morgan fingerprint density at radius 2 is 2.06 bits per heavy atom. The molecule has 0 spiro atoms. The van der Waals surface area contributed by atoms with Gasteiger partial charge in [-0.2, -0.15) is 5.10 Å². The molecule has 1 fully saturated rings. The number of carboxylic acids is 1. The fraction of sp³-hybridized carbons (Fsp3) is 0.846. The lowest BCUT2D eigenvalue weighted by Gasteiger charge is -2.21. The summed E-state index contributed by atoms with van der Waals surface area (Å²) >= 11 is 0. The van der Waals surface area contributed by atoms with Crippen molar-refractivity contribution in [3.05, 3.63) is 0 Å². The van der Waals surface area contributed by atoms with Crippen molar-refractivity contribution >= 4 is 11.7 Å². The van der Waals surface area contributed by atoms with Crippen molar-refractivity contribution in [2.75, 3.05) is 19.8 Å². The highest BCUT2D eigenvalue weighted by Gasteiger charge is 2.12. The van der Waals surface area contributed by atoms with E-state index in [9.17, 15) is 4.79 Å². The van der Waals surface area contributed by atoms with E-state index in [1.54, 1.807) is 0 Å². The van der Waals surface area contributed by atoms with E-state index in [0.717, 1.165) is 18.9 Å². The van der Waals surface area contributed by atoms with E-state index in [1.165, 1.54) is 39.0 Å². The van der Waals surface area contributed by atoms with E-state index in [2.05, 4.69) is 10.5 Å². The second-order valence-electron chi connectivity index (χ2n) is 4.82. The topological polar surface area (TPSA) is 70.9 Å². The average Bonchev–Trinajstić information content (AvgIpc) is 2.38. The minimum Gasteiger partial charge on any atom is -0.477 e. The van der Waals surface area contributed by atoms with Crippen LogP contribution in [0.5, 0.6) is 0 Å². The van der Waals surface area contributed by atoms with Gasteiger partial charge in [0.15, 0.2) is 0 Å². The van der Waals surface area contributed by atoms with Crippen LogP contribution < -0.4 is 5.43 Å². The van der Waals surface area contributed by atoms with Gasteiger partial charge in [0.2, 0.25) is 0 Å². The molecule has 1 aliphatic carbocycles. The Balaban J connectivity index is 1.92. The number of rotatable bonds is 8. The molecule has 1 saturated carbocycles. The van der Waals surface area contributed by atoms with Gasteiger partial charge in [0.25, 0.3) is 0 Å². The smallest absolute Gasteiger partial charge is 0.351 e. The second kappa shape index (κ2) is 8.91. The monoisotopic (exact) mass is 256 g/mol. The van der Waals surface area contributed by atoms with Crippen LogP contribution in [0.25, 0.3) is 0 Å². The number of aliphatic carboxylic acids is 1. The van der Waals surface area contributed by atoms with E-state index < -0.39 is 5.97 Å². The van der Waals surface area contributed by atoms with Crippen molar-refractivity contribution < 1.29 is 14.6 Å². The molecule has 1 aliphatic rings. The molecule has 0 radical (unpaired) electrons. The molecule has 104 valence electrons. The summed E-state index contributed by atoms with van der Waals surface area (Å²) in [6.07, 6.45) is 7.98. The number of carboxylic acid groups (broad SMARTS) is 1. The van der Waals surface area contributed by atoms with Crippen LogP contribution in [0.15, 0.2) is 5.10 Å². The Hall–Kier alpha value is -1.10. The lowest BCUT2D eigenvalue weighted by atomic mass is 9.87. The molecule has 0 aliphatic heterocycles. The average molecular weight is 256 g/mol. The zero-order valence-electron chi connectivity index (χ0n) is 11.2. The van der Waals surface area contributed by atoms with E-state index in [1.807, 2.05) is 0 Å². The molecule has 0 bridgehead atoms. The summed E-state index contributed by atoms with van der Waals surface area (Å²) in [6.45, 7) is 3.38. The summed E-state index contributed by atoms with van der Waals surface area (Å²) in [5, 5.41) is 12.3. The zero-order valence-corrected chi connectivity index (χ0v) is 11.2. The SMILES string of the molecule is C/C(=N/NCCOCCC1CCCCC1)C(=O)O. The maximum atomic E-state index is 10.4. The molecule has 5 heteroatoms. The van der Waals surface area contributed by atoms with Gasteiger partial charge in [-0.25, -0.2) is 4.79 Å². The first-order valence-corrected chi connectivity index (χ1v) is 6.78. The van der Waals surface area contributed by atoms with Crippen molar-refractivity contribution in [3.63, 3.8) is 0 Å². The molecular weight excluding hydrogens is 232 g/mol. The van der Waals surface area contributed by atoms with Crippen LogP contribution in [0.2, 0.25) is 0 Å². The molecular formula is C13H24N2O3. The third-order valence-corrected chi connectivity index (χ3v) is 3.31. The number of nitrogens with one attached hydrogen (secondary N) is 1. The van der Waals surface area contributed by atoms with Crippen molar-refractivity contribution in [2.24, 2.45) is 11.0 Å². The van der Waals surface area contributed by atoms with Crippen LogP contribution in [0.1, 0.15) is 45.4 Å². The first kappa shape index (κ1) is 15.0. The molecule has 1 rings (SSSR count). The quantitative estimate of drug-likeness (QED) is 0.396. The van der Waals surface area contributed by atoms with E-state index in [-0.39, 0.29) is 5.71 Å². The van der Waals surface area contributed by atoms with Gasteiger partial charge in [-0.3, -0.25) is 0 Å². The van der Waals surface area contributed by atoms with Crippen molar-refractivity contribution in [2.45, 2.75) is 45.4 Å². The van der Waals surface area contributed by atoms with Crippen molar-refractivity contribution in [1.82, 2.24) is 5.43 Å². The fourth-order valence-electron chi connectivity index (χ4n) is 2.17. The lowest BCUT2D eigenvalue weighted by Crippen LogP contribution is -2.19. The van der Waals surface area contributed by atoms with Crippen LogP contribution in [-0.4, -0.2) is 36.5 Å². The molecule has 0 saturated heterocycles. The number of nitrogens with zero attached hydrogens (tertiary/aromatic N) is 1. The zero-order chi connectivity index (χ0) is 13.2. The molecule has 18 heavy (non-hydrogen) atoms. The lowest BCUT2D eigenvalue weighted by molar-refractivity contribution is -0.129. The Bertz CT molecular complexity index is 273. The summed E-state index contributed by atoms with van der Waals surface area (Å²) in [4.78, 5) is 10.4. The van der Waals surface area contributed by atoms with Gasteiger partial charge in [-0.1, -0.05) is 32.1 Å². The second-order valence-corrected chi connectivity index (χ2v) is 4.82. The largest absolute Gasteiger partial charge is 0.477 e. The van der Waals surface area contributed by atoms with Gasteiger partial charge in [0.05, 0.1) is 13.2 Å². The van der Waals surface area contributed by atoms with Crippen LogP contribution in [0.4, 0.5) is 0 Å². The number of hydrogen-bond acceptors (Lipinski definition) is 4. The van der Waals surface area contributed by atoms with Gasteiger partial charge in [0.1, 0.15) is 5.71 Å². The maximum absolute atomic E-state index is 10.4.